The molecule has 0 radical (unpaired) electrons. The number of nitrogens with two attached hydrogens (primary N) is 1. The van der Waals surface area contributed by atoms with Gasteiger partial charge in [-0.05, 0) is 43.1 Å². The van der Waals surface area contributed by atoms with Crippen LogP contribution >= 0.6 is 22.6 Å². The third-order valence-corrected chi connectivity index (χ3v) is 3.01. The molecular formula is C14H25IN4. The molecule has 0 bridgehead atoms. The maximum Gasteiger partial charge on any atom is 0.0426 e. The van der Waals surface area contributed by atoms with E-state index in [2.05, 4.69) is 38.9 Å². The van der Waals surface area contributed by atoms with Crippen molar-refractivity contribution in [1.29, 1.82) is 5.41 Å². The van der Waals surface area contributed by atoms with Crippen molar-refractivity contribution in [3.63, 3.8) is 0 Å². The summed E-state index contributed by atoms with van der Waals surface area (Å²) >= 11 is 2.15. The summed E-state index contributed by atoms with van der Waals surface area (Å²) in [5, 5.41) is 10.5. The third-order valence-electron chi connectivity index (χ3n) is 3.01. The number of anilines is 1. The van der Waals surface area contributed by atoms with Crippen molar-refractivity contribution >= 4 is 34.5 Å². The Kier molecular flexibility index (Phi) is 9.81. The lowest BCUT2D eigenvalue weighted by atomic mass is 10.0. The summed E-state index contributed by atoms with van der Waals surface area (Å²) in [6, 6.07) is 6.49. The second-order valence-corrected chi connectivity index (χ2v) is 4.37. The first-order valence-electron chi connectivity index (χ1n) is 6.17. The summed E-state index contributed by atoms with van der Waals surface area (Å²) in [6.07, 6.45) is 2.29. The van der Waals surface area contributed by atoms with Crippen LogP contribution in [0.1, 0.15) is 11.1 Å². The van der Waals surface area contributed by atoms with Crippen LogP contribution in [0.5, 0.6) is 0 Å². The van der Waals surface area contributed by atoms with Crippen molar-refractivity contribution in [2.75, 3.05) is 37.9 Å². The van der Waals surface area contributed by atoms with E-state index in [9.17, 15) is 0 Å². The zero-order valence-electron chi connectivity index (χ0n) is 12.2. The van der Waals surface area contributed by atoms with Gasteiger partial charge >= 0.3 is 0 Å². The summed E-state index contributed by atoms with van der Waals surface area (Å²) in [4.78, 5) is 4.10. The first-order chi connectivity index (χ1) is 9.12. The van der Waals surface area contributed by atoms with Gasteiger partial charge in [-0.1, -0.05) is 28.7 Å². The Bertz CT molecular complexity index is 380. The lowest BCUT2D eigenvalue weighted by Crippen LogP contribution is -2.36. The monoisotopic (exact) mass is 376 g/mol. The van der Waals surface area contributed by atoms with Gasteiger partial charge in [0.15, 0.2) is 0 Å². The topological polar surface area (TPSA) is 65.1 Å². The molecule has 1 atom stereocenters. The van der Waals surface area contributed by atoms with Crippen LogP contribution < -0.4 is 11.1 Å². The molecule has 0 amide bonds. The van der Waals surface area contributed by atoms with Gasteiger partial charge in [-0.2, -0.15) is 0 Å². The minimum absolute atomic E-state index is 0.342. The molecule has 1 unspecified atom stereocenters. The van der Waals surface area contributed by atoms with E-state index in [1.807, 2.05) is 38.2 Å². The lowest BCUT2D eigenvalue weighted by Gasteiger charge is -2.23. The van der Waals surface area contributed by atoms with Crippen molar-refractivity contribution in [2.24, 2.45) is 5.73 Å². The van der Waals surface area contributed by atoms with Gasteiger partial charge in [0.1, 0.15) is 0 Å². The number of hydrogen-bond acceptors (Lipinski definition) is 4. The number of likely N-dealkylation sites (N-methyl/N-ethyl adjacent to an activating group) is 1. The Morgan fingerprint density at radius 1 is 1.42 bits per heavy atom. The molecule has 0 aliphatic heterocycles. The summed E-state index contributed by atoms with van der Waals surface area (Å²) in [6.45, 7) is 0.640. The van der Waals surface area contributed by atoms with Crippen LogP contribution in [0.2, 0.25) is 0 Å². The van der Waals surface area contributed by atoms with E-state index >= 15 is 0 Å². The number of halogens is 1. The maximum atomic E-state index is 7.40. The van der Waals surface area contributed by atoms with Crippen molar-refractivity contribution in [1.82, 2.24) is 4.90 Å². The van der Waals surface area contributed by atoms with E-state index in [1.54, 1.807) is 0 Å². The first kappa shape index (κ1) is 18.3. The second kappa shape index (κ2) is 10.2. The standard InChI is InChI=1S/C13H22N4.CH3I/c1-16-13-5-4-10(6-11(13)8-14)7-12(9-15)17(2)3;1-2/h4-6,8,12,14,16H,7,9,15H2,1-3H3;1H3. The number of alkyl halides is 1. The van der Waals surface area contributed by atoms with Crippen LogP contribution in [0.25, 0.3) is 0 Å². The minimum Gasteiger partial charge on any atom is -0.388 e. The third kappa shape index (κ3) is 5.88. The molecular weight excluding hydrogens is 351 g/mol. The van der Waals surface area contributed by atoms with Crippen LogP contribution in [-0.2, 0) is 6.42 Å². The first-order valence-corrected chi connectivity index (χ1v) is 8.33. The highest BCUT2D eigenvalue weighted by Crippen LogP contribution is 2.16. The average molecular weight is 376 g/mol. The van der Waals surface area contributed by atoms with Gasteiger partial charge in [0, 0.05) is 37.1 Å². The molecule has 108 valence electrons. The van der Waals surface area contributed by atoms with Crippen LogP contribution in [0, 0.1) is 5.41 Å². The quantitative estimate of drug-likeness (QED) is 0.405. The highest BCUT2D eigenvalue weighted by atomic mass is 127. The van der Waals surface area contributed by atoms with Crippen molar-refractivity contribution < 1.29 is 0 Å². The predicted molar refractivity (Wildman–Crippen MR) is 94.1 cm³/mol. The SMILES string of the molecule is CI.CNc1ccc(CC(CN)N(C)C)cc1C=N. The van der Waals surface area contributed by atoms with Gasteiger partial charge in [-0.15, -0.1) is 0 Å². The van der Waals surface area contributed by atoms with E-state index in [1.165, 1.54) is 11.8 Å². The van der Waals surface area contributed by atoms with E-state index in [0.717, 1.165) is 17.7 Å². The summed E-state index contributed by atoms with van der Waals surface area (Å²) < 4.78 is 0. The van der Waals surface area contributed by atoms with Crippen molar-refractivity contribution in [2.45, 2.75) is 12.5 Å². The van der Waals surface area contributed by atoms with Crippen molar-refractivity contribution in [3.05, 3.63) is 29.3 Å². The van der Waals surface area contributed by atoms with Crippen LogP contribution in [-0.4, -0.2) is 49.8 Å². The molecule has 1 aromatic rings. The Morgan fingerprint density at radius 3 is 2.47 bits per heavy atom. The molecule has 5 heteroatoms. The molecule has 4 nitrogen and oxygen atoms in total. The highest BCUT2D eigenvalue weighted by Gasteiger charge is 2.10. The normalized spacial score (nSPS) is 11.5. The summed E-state index contributed by atoms with van der Waals surface area (Å²) in [7, 11) is 5.94. The molecule has 1 rings (SSSR count). The molecule has 0 fully saturated rings. The van der Waals surface area contributed by atoms with E-state index in [-0.39, 0.29) is 0 Å². The molecule has 0 heterocycles. The van der Waals surface area contributed by atoms with E-state index < -0.39 is 0 Å². The molecule has 4 N–H and O–H groups in total. The van der Waals surface area contributed by atoms with Gasteiger partial charge < -0.3 is 21.4 Å². The van der Waals surface area contributed by atoms with E-state index in [4.69, 9.17) is 11.1 Å². The number of hydrogen-bond donors (Lipinski definition) is 3. The molecule has 0 saturated heterocycles. The fourth-order valence-electron chi connectivity index (χ4n) is 1.84. The zero-order chi connectivity index (χ0) is 14.8. The predicted octanol–water partition coefficient (Wildman–Crippen LogP) is 2.21. The number of nitrogens with one attached hydrogen (secondary N) is 2. The molecule has 19 heavy (non-hydrogen) atoms. The Hall–Kier alpha value is -0.660. The van der Waals surface area contributed by atoms with Gasteiger partial charge in [-0.3, -0.25) is 0 Å². The number of benzene rings is 1. The minimum atomic E-state index is 0.342. The molecule has 0 aliphatic carbocycles. The highest BCUT2D eigenvalue weighted by molar-refractivity contribution is 14.1. The van der Waals surface area contributed by atoms with Crippen LogP contribution in [0.3, 0.4) is 0 Å². The lowest BCUT2D eigenvalue weighted by molar-refractivity contribution is 0.298. The number of rotatable bonds is 6. The molecule has 0 aromatic heterocycles. The van der Waals surface area contributed by atoms with E-state index in [0.29, 0.717) is 12.6 Å². The average Bonchev–Trinajstić information content (AvgIpc) is 2.46. The molecule has 1 aromatic carbocycles. The second-order valence-electron chi connectivity index (χ2n) is 4.37. The Balaban J connectivity index is 0.00000154. The fourth-order valence-corrected chi connectivity index (χ4v) is 1.84. The van der Waals surface area contributed by atoms with Crippen LogP contribution in [0.15, 0.2) is 18.2 Å². The Morgan fingerprint density at radius 2 is 2.05 bits per heavy atom. The molecule has 0 aliphatic rings. The smallest absolute Gasteiger partial charge is 0.0426 e. The van der Waals surface area contributed by atoms with Gasteiger partial charge in [-0.25, -0.2) is 0 Å². The summed E-state index contributed by atoms with van der Waals surface area (Å²) in [5.41, 5.74) is 8.86. The van der Waals surface area contributed by atoms with Crippen LogP contribution in [0.4, 0.5) is 5.69 Å². The largest absolute Gasteiger partial charge is 0.388 e. The Labute approximate surface area is 130 Å². The zero-order valence-corrected chi connectivity index (χ0v) is 14.4. The van der Waals surface area contributed by atoms with Gasteiger partial charge in [0.2, 0.25) is 0 Å². The van der Waals surface area contributed by atoms with Crippen molar-refractivity contribution in [3.8, 4) is 0 Å². The molecule has 0 saturated carbocycles. The summed E-state index contributed by atoms with van der Waals surface area (Å²) in [5.74, 6) is 0. The molecule has 0 spiro atoms. The fraction of sp³-hybridized carbons (Fsp3) is 0.500. The van der Waals surface area contributed by atoms with Gasteiger partial charge in [0.05, 0.1) is 0 Å². The maximum absolute atomic E-state index is 7.40. The number of nitrogens with zero attached hydrogens (tertiary/aromatic N) is 1. The van der Waals surface area contributed by atoms with Gasteiger partial charge in [0.25, 0.3) is 0 Å².